The lowest BCUT2D eigenvalue weighted by atomic mass is 9.97. The third-order valence-corrected chi connectivity index (χ3v) is 5.36. The first-order valence-corrected chi connectivity index (χ1v) is 9.00. The van der Waals surface area contributed by atoms with E-state index in [1.54, 1.807) is 12.1 Å². The quantitative estimate of drug-likeness (QED) is 0.855. The third kappa shape index (κ3) is 4.66. The number of thiazole rings is 1. The predicted octanol–water partition coefficient (Wildman–Crippen LogP) is 3.54. The molecule has 6 heteroatoms. The highest BCUT2D eigenvalue weighted by atomic mass is 32.1. The number of amides is 1. The van der Waals surface area contributed by atoms with Gasteiger partial charge in [-0.3, -0.25) is 4.79 Å². The lowest BCUT2D eigenvalue weighted by molar-refractivity contribution is -0.142. The number of rotatable bonds is 5. The number of aromatic nitrogens is 1. The average molecular weight is 360 g/mol. The molecule has 2 N–H and O–H groups in total. The number of hydrogen-bond acceptors (Lipinski definition) is 4. The summed E-state index contributed by atoms with van der Waals surface area (Å²) in [5.74, 6) is -1.42. The molecule has 0 fully saturated rings. The topological polar surface area (TPSA) is 79.3 Å². The van der Waals surface area contributed by atoms with Crippen molar-refractivity contribution in [1.82, 2.24) is 10.3 Å². The van der Waals surface area contributed by atoms with Crippen molar-refractivity contribution in [3.8, 4) is 0 Å². The molecule has 1 aromatic heterocycles. The van der Waals surface area contributed by atoms with E-state index in [4.69, 9.17) is 0 Å². The fourth-order valence-corrected chi connectivity index (χ4v) is 3.38. The van der Waals surface area contributed by atoms with E-state index in [0.717, 1.165) is 16.1 Å². The van der Waals surface area contributed by atoms with Crippen LogP contribution < -0.4 is 5.32 Å². The highest BCUT2D eigenvalue weighted by Gasteiger charge is 2.25. The van der Waals surface area contributed by atoms with Crippen LogP contribution in [0.2, 0.25) is 0 Å². The fourth-order valence-electron chi connectivity index (χ4n) is 2.47. The molecule has 0 saturated carbocycles. The number of nitrogens with zero attached hydrogens (tertiary/aromatic N) is 1. The summed E-state index contributed by atoms with van der Waals surface area (Å²) in [4.78, 5) is 28.5. The van der Waals surface area contributed by atoms with Crippen molar-refractivity contribution in [1.29, 1.82) is 0 Å². The summed E-state index contributed by atoms with van der Waals surface area (Å²) in [7, 11) is 0. The van der Waals surface area contributed by atoms with E-state index in [-0.39, 0.29) is 17.7 Å². The number of aryl methyl sites for hydroxylation is 1. The largest absolute Gasteiger partial charge is 0.479 e. The maximum absolute atomic E-state index is 12.3. The normalized spacial score (nSPS) is 12.7. The van der Waals surface area contributed by atoms with Crippen LogP contribution in [0.5, 0.6) is 0 Å². The molecule has 0 radical (unpaired) electrons. The zero-order valence-electron chi connectivity index (χ0n) is 15.2. The Labute approximate surface area is 152 Å². The van der Waals surface area contributed by atoms with Crippen LogP contribution >= 0.6 is 11.3 Å². The minimum Gasteiger partial charge on any atom is -0.479 e. The van der Waals surface area contributed by atoms with Gasteiger partial charge in [0, 0.05) is 10.8 Å². The number of hydrogen-bond donors (Lipinski definition) is 2. The van der Waals surface area contributed by atoms with Gasteiger partial charge in [0.2, 0.25) is 5.91 Å². The monoisotopic (exact) mass is 360 g/mol. The second-order valence-corrected chi connectivity index (χ2v) is 8.06. The highest BCUT2D eigenvalue weighted by Crippen LogP contribution is 2.26. The Morgan fingerprint density at radius 1 is 1.28 bits per heavy atom. The van der Waals surface area contributed by atoms with Crippen molar-refractivity contribution in [2.24, 2.45) is 0 Å². The van der Waals surface area contributed by atoms with Crippen LogP contribution in [0.1, 0.15) is 54.2 Å². The summed E-state index contributed by atoms with van der Waals surface area (Å²) in [5, 5.41) is 15.0. The zero-order valence-corrected chi connectivity index (χ0v) is 16.0. The van der Waals surface area contributed by atoms with Gasteiger partial charge in [0.1, 0.15) is 0 Å². The zero-order chi connectivity index (χ0) is 18.8. The second kappa shape index (κ2) is 7.35. The summed E-state index contributed by atoms with van der Waals surface area (Å²) in [5.41, 5.74) is 3.07. The Morgan fingerprint density at radius 3 is 2.52 bits per heavy atom. The number of carboxylic acids is 1. The summed E-state index contributed by atoms with van der Waals surface area (Å²) in [6.07, 6.45) is 0.0707. The van der Waals surface area contributed by atoms with Crippen molar-refractivity contribution in [2.45, 2.75) is 52.5 Å². The molecule has 2 rings (SSSR count). The van der Waals surface area contributed by atoms with Crippen LogP contribution in [0.3, 0.4) is 0 Å². The number of carboxylic acid groups (broad SMARTS) is 1. The molecule has 5 nitrogen and oxygen atoms in total. The number of carbonyl (C=O) groups excluding carboxylic acids is 1. The van der Waals surface area contributed by atoms with Gasteiger partial charge in [-0.15, -0.1) is 11.3 Å². The second-order valence-electron chi connectivity index (χ2n) is 7.20. The first-order chi connectivity index (χ1) is 11.6. The molecular formula is C19H24N2O3S. The Kier molecular flexibility index (Phi) is 5.62. The Balaban J connectivity index is 2.15. The average Bonchev–Trinajstić information content (AvgIpc) is 2.96. The number of carbonyl (C=O) groups is 2. The van der Waals surface area contributed by atoms with E-state index < -0.39 is 12.0 Å². The molecule has 0 bridgehead atoms. The van der Waals surface area contributed by atoms with E-state index in [1.807, 2.05) is 25.3 Å². The van der Waals surface area contributed by atoms with E-state index in [2.05, 4.69) is 31.1 Å². The van der Waals surface area contributed by atoms with Gasteiger partial charge in [-0.25, -0.2) is 9.78 Å². The van der Waals surface area contributed by atoms with Crippen molar-refractivity contribution in [3.63, 3.8) is 0 Å². The maximum Gasteiger partial charge on any atom is 0.330 e. The van der Waals surface area contributed by atoms with Crippen LogP contribution in [-0.4, -0.2) is 22.0 Å². The van der Waals surface area contributed by atoms with Crippen molar-refractivity contribution >= 4 is 23.2 Å². The molecule has 1 heterocycles. The lowest BCUT2D eigenvalue weighted by Gasteiger charge is -2.18. The molecule has 0 aliphatic heterocycles. The Hall–Kier alpha value is -2.21. The molecule has 0 saturated heterocycles. The third-order valence-electron chi connectivity index (χ3n) is 4.04. The SMILES string of the molecule is Cc1cccc(C(NC(=O)Cc2csc(C(C)(C)C)n2)C(=O)O)c1C. The molecule has 0 aliphatic carbocycles. The molecule has 134 valence electrons. The van der Waals surface area contributed by atoms with Gasteiger partial charge in [-0.1, -0.05) is 39.0 Å². The van der Waals surface area contributed by atoms with Crippen LogP contribution in [0, 0.1) is 13.8 Å². The first-order valence-electron chi connectivity index (χ1n) is 8.12. The van der Waals surface area contributed by atoms with Gasteiger partial charge in [-0.05, 0) is 30.5 Å². The number of benzene rings is 1. The van der Waals surface area contributed by atoms with Crippen molar-refractivity contribution in [3.05, 3.63) is 51.0 Å². The minimum absolute atomic E-state index is 0.0678. The van der Waals surface area contributed by atoms with Crippen molar-refractivity contribution in [2.75, 3.05) is 0 Å². The molecule has 1 amide bonds. The van der Waals surface area contributed by atoms with E-state index in [1.165, 1.54) is 11.3 Å². The van der Waals surface area contributed by atoms with E-state index in [0.29, 0.717) is 11.3 Å². The molecule has 0 spiro atoms. The van der Waals surface area contributed by atoms with Crippen molar-refractivity contribution < 1.29 is 14.7 Å². The molecule has 25 heavy (non-hydrogen) atoms. The van der Waals surface area contributed by atoms with Gasteiger partial charge in [0.15, 0.2) is 6.04 Å². The molecule has 1 aromatic carbocycles. The predicted molar refractivity (Wildman–Crippen MR) is 99.0 cm³/mol. The van der Waals surface area contributed by atoms with Gasteiger partial charge >= 0.3 is 5.97 Å². The summed E-state index contributed by atoms with van der Waals surface area (Å²) < 4.78 is 0. The van der Waals surface area contributed by atoms with Gasteiger partial charge in [0.05, 0.1) is 17.1 Å². The summed E-state index contributed by atoms with van der Waals surface area (Å²) in [6.45, 7) is 9.98. The van der Waals surface area contributed by atoms with Crippen LogP contribution in [0.4, 0.5) is 0 Å². The fraction of sp³-hybridized carbons (Fsp3) is 0.421. The van der Waals surface area contributed by atoms with Crippen LogP contribution in [0.25, 0.3) is 0 Å². The standard InChI is InChI=1S/C19H24N2O3S/c1-11-7-6-8-14(12(11)2)16(17(23)24)21-15(22)9-13-10-25-18(20-13)19(3,4)5/h6-8,10,16H,9H2,1-5H3,(H,21,22)(H,23,24). The molecule has 1 unspecified atom stereocenters. The minimum atomic E-state index is -1.07. The van der Waals surface area contributed by atoms with E-state index >= 15 is 0 Å². The number of nitrogens with one attached hydrogen (secondary N) is 1. The Bertz CT molecular complexity index is 790. The molecule has 0 aliphatic rings. The van der Waals surface area contributed by atoms with Gasteiger partial charge in [-0.2, -0.15) is 0 Å². The van der Waals surface area contributed by atoms with Crippen LogP contribution in [-0.2, 0) is 21.4 Å². The van der Waals surface area contributed by atoms with Gasteiger partial charge < -0.3 is 10.4 Å². The van der Waals surface area contributed by atoms with Gasteiger partial charge in [0.25, 0.3) is 0 Å². The van der Waals surface area contributed by atoms with Crippen LogP contribution in [0.15, 0.2) is 23.6 Å². The molecule has 1 atom stereocenters. The smallest absolute Gasteiger partial charge is 0.330 e. The molecule has 2 aromatic rings. The summed E-state index contributed by atoms with van der Waals surface area (Å²) in [6, 6.07) is 4.40. The molecular weight excluding hydrogens is 336 g/mol. The highest BCUT2D eigenvalue weighted by molar-refractivity contribution is 7.09. The lowest BCUT2D eigenvalue weighted by Crippen LogP contribution is -2.35. The Morgan fingerprint density at radius 2 is 1.96 bits per heavy atom. The maximum atomic E-state index is 12.3. The number of aliphatic carboxylic acids is 1. The first kappa shape index (κ1) is 19.1. The summed E-state index contributed by atoms with van der Waals surface area (Å²) >= 11 is 1.52. The van der Waals surface area contributed by atoms with E-state index in [9.17, 15) is 14.7 Å².